The Balaban J connectivity index is 0.958. The van der Waals surface area contributed by atoms with Crippen molar-refractivity contribution in [2.75, 3.05) is 30.5 Å². The number of aliphatic hydroxyl groups is 3. The zero-order valence-electron chi connectivity index (χ0n) is 39.4. The molecule has 5 aliphatic rings. The molecule has 5 aliphatic heterocycles. The number of unbranched alkanes of at least 4 members (excludes halogenated alkanes) is 1. The molecule has 0 spiro atoms. The molecule has 9 rings (SSSR count). The average molecular weight is 1010 g/mol. The second kappa shape index (κ2) is 20.3. The summed E-state index contributed by atoms with van der Waals surface area (Å²) >= 11 is 0. The third-order valence-electron chi connectivity index (χ3n) is 13.2. The van der Waals surface area contributed by atoms with Crippen LogP contribution in [0.5, 0.6) is 17.2 Å². The third-order valence-corrected chi connectivity index (χ3v) is 13.2. The maximum Gasteiger partial charge on any atom is 0.412 e. The number of carboxylic acids is 1. The van der Waals surface area contributed by atoms with E-state index in [4.69, 9.17) is 33.4 Å². The minimum Gasteiger partial charge on any atom is -0.479 e. The number of hydrogen-bond donors (Lipinski definition) is 7. The van der Waals surface area contributed by atoms with Gasteiger partial charge in [0.1, 0.15) is 30.8 Å². The predicted molar refractivity (Wildman–Crippen MR) is 250 cm³/mol. The molecule has 0 bridgehead atoms. The number of nitrogens with one attached hydrogen (secondary N) is 3. The molecule has 0 unspecified atom stereocenters. The summed E-state index contributed by atoms with van der Waals surface area (Å²) in [6, 6.07) is 7.55. The lowest BCUT2D eigenvalue weighted by atomic mass is 9.86. The van der Waals surface area contributed by atoms with Crippen molar-refractivity contribution in [1.29, 1.82) is 0 Å². The summed E-state index contributed by atoms with van der Waals surface area (Å²) in [6.07, 6.45) is -4.15. The van der Waals surface area contributed by atoms with Gasteiger partial charge < -0.3 is 64.0 Å². The summed E-state index contributed by atoms with van der Waals surface area (Å²) in [5, 5.41) is 50.1. The number of rotatable bonds is 17. The fourth-order valence-electron chi connectivity index (χ4n) is 9.34. The first-order valence-electron chi connectivity index (χ1n) is 23.5. The largest absolute Gasteiger partial charge is 0.479 e. The number of fused-ring (bicyclic) bond motifs is 6. The molecule has 0 radical (unpaired) electrons. The number of aryl methyl sites for hydroxylation is 1. The SMILES string of the molecule is CCCCc1c2c(nc3cc4c(c(NC(=O)OCc5ccc(O[C@H]6C[C@@H](O)[C@H](O)[C@@H](C(=O)O)O6)c(NC(=O)CCNC(=O)CCN6C(=O)C=CC6=O)c5)c13)OCO4)-c1cc3c(c(=O)n1C2)COC(=O)[C@]3(O)CC. The van der Waals surface area contributed by atoms with E-state index >= 15 is 0 Å². The molecular formula is C49H50N6O18. The average Bonchev–Trinajstić information content (AvgIpc) is 4.08. The Morgan fingerprint density at radius 1 is 0.945 bits per heavy atom. The van der Waals surface area contributed by atoms with Crippen LogP contribution in [0.15, 0.2) is 47.3 Å². The molecule has 4 aromatic rings. The second-order valence-corrected chi connectivity index (χ2v) is 17.8. The summed E-state index contributed by atoms with van der Waals surface area (Å²) in [4.78, 5) is 108. The van der Waals surface area contributed by atoms with Crippen LogP contribution in [0.1, 0.15) is 80.2 Å². The lowest BCUT2D eigenvalue weighted by Crippen LogP contribution is -2.53. The van der Waals surface area contributed by atoms with Gasteiger partial charge in [-0.15, -0.1) is 0 Å². The zero-order chi connectivity index (χ0) is 51.9. The lowest BCUT2D eigenvalue weighted by Gasteiger charge is -2.35. The van der Waals surface area contributed by atoms with E-state index in [0.717, 1.165) is 29.0 Å². The first kappa shape index (κ1) is 50.0. The van der Waals surface area contributed by atoms with Crippen LogP contribution < -0.4 is 35.7 Å². The number of aliphatic hydroxyl groups excluding tert-OH is 2. The molecule has 5 amide bonds. The Hall–Kier alpha value is -7.93. The lowest BCUT2D eigenvalue weighted by molar-refractivity contribution is -0.228. The van der Waals surface area contributed by atoms with Gasteiger partial charge in [0.2, 0.25) is 24.9 Å². The molecule has 24 nitrogen and oxygen atoms in total. The van der Waals surface area contributed by atoms with E-state index in [1.165, 1.54) is 22.8 Å². The van der Waals surface area contributed by atoms with Crippen LogP contribution in [0, 0.1) is 0 Å². The number of ether oxygens (including phenoxy) is 6. The third kappa shape index (κ3) is 9.63. The molecule has 5 atom stereocenters. The second-order valence-electron chi connectivity index (χ2n) is 17.8. The molecular weight excluding hydrogens is 961 g/mol. The normalized spacial score (nSPS) is 21.3. The molecule has 2 aromatic carbocycles. The molecule has 1 fully saturated rings. The standard InChI is InChI=1S/C49H50N6O18/c1-3-5-6-24-25-19-55-30(16-27-26(45(55)62)21-68-47(65)49(27,67)4-2)40(25)52-29-17-33-43(71-22-70-33)41(39(24)29)53-48(66)69-20-23-7-8-32(72-38-18-31(56)42(61)44(73-38)46(63)64)28(15-23)51-35(58)11-13-50-34(57)12-14-54-36(59)9-10-37(54)60/h7-10,15-17,31,38,42,44,56,61,67H,3-6,11-14,18-22H2,1-2H3,(H,50,57)(H,51,58)(H,53,66)(H,63,64)/t31-,38-,42+,44+,49+/m1/s1. The number of aromatic nitrogens is 2. The van der Waals surface area contributed by atoms with E-state index in [1.807, 2.05) is 6.92 Å². The summed E-state index contributed by atoms with van der Waals surface area (Å²) in [6.45, 7) is 2.56. The van der Waals surface area contributed by atoms with Crippen LogP contribution in [-0.4, -0.2) is 121 Å². The number of hydrogen-bond acceptors (Lipinski definition) is 18. The maximum atomic E-state index is 14.1. The van der Waals surface area contributed by atoms with Gasteiger partial charge in [0.25, 0.3) is 17.4 Å². The van der Waals surface area contributed by atoms with Crippen LogP contribution in [0.2, 0.25) is 0 Å². The van der Waals surface area contributed by atoms with Gasteiger partial charge in [0.05, 0.1) is 40.8 Å². The van der Waals surface area contributed by atoms with Crippen LogP contribution in [0.25, 0.3) is 22.3 Å². The number of aliphatic carboxylic acids is 1. The number of imide groups is 1. The van der Waals surface area contributed by atoms with E-state index in [1.54, 1.807) is 19.1 Å². The number of esters is 1. The van der Waals surface area contributed by atoms with Gasteiger partial charge in [0, 0.05) is 67.1 Å². The van der Waals surface area contributed by atoms with E-state index in [-0.39, 0.29) is 98.5 Å². The molecule has 384 valence electrons. The number of anilines is 2. The van der Waals surface area contributed by atoms with Gasteiger partial charge in [-0.1, -0.05) is 26.3 Å². The fraction of sp³-hybridized carbons (Fsp3) is 0.408. The van der Waals surface area contributed by atoms with Crippen molar-refractivity contribution in [2.45, 2.75) is 109 Å². The molecule has 7 heterocycles. The van der Waals surface area contributed by atoms with Gasteiger partial charge in [-0.3, -0.25) is 34.2 Å². The highest BCUT2D eigenvalue weighted by atomic mass is 16.7. The number of cyclic esters (lactones) is 1. The van der Waals surface area contributed by atoms with Crippen molar-refractivity contribution >= 4 is 63.9 Å². The van der Waals surface area contributed by atoms with Crippen LogP contribution in [0.3, 0.4) is 0 Å². The van der Waals surface area contributed by atoms with E-state index in [2.05, 4.69) is 16.0 Å². The molecule has 0 saturated carbocycles. The van der Waals surface area contributed by atoms with Crippen molar-refractivity contribution in [3.05, 3.63) is 80.7 Å². The highest BCUT2D eigenvalue weighted by Crippen LogP contribution is 2.49. The van der Waals surface area contributed by atoms with Crippen molar-refractivity contribution in [3.8, 4) is 28.6 Å². The maximum absolute atomic E-state index is 14.1. The minimum atomic E-state index is -2.03. The summed E-state index contributed by atoms with van der Waals surface area (Å²) in [7, 11) is 0. The monoisotopic (exact) mass is 1010 g/mol. The van der Waals surface area contributed by atoms with Crippen LogP contribution in [-0.2, 0) is 74.8 Å². The molecule has 73 heavy (non-hydrogen) atoms. The predicted octanol–water partition coefficient (Wildman–Crippen LogP) is 1.96. The van der Waals surface area contributed by atoms with E-state index in [9.17, 15) is 58.8 Å². The van der Waals surface area contributed by atoms with Gasteiger partial charge in [-0.2, -0.15) is 0 Å². The van der Waals surface area contributed by atoms with E-state index in [0.29, 0.717) is 46.3 Å². The number of nitrogens with zero attached hydrogens (tertiary/aromatic N) is 3. The number of carbonyl (C=O) groups is 7. The summed E-state index contributed by atoms with van der Waals surface area (Å²) in [5.74, 6) is -4.24. The Morgan fingerprint density at radius 2 is 1.73 bits per heavy atom. The minimum absolute atomic E-state index is 0.00940. The van der Waals surface area contributed by atoms with Gasteiger partial charge in [-0.05, 0) is 48.6 Å². The smallest absolute Gasteiger partial charge is 0.412 e. The van der Waals surface area contributed by atoms with Gasteiger partial charge in [0.15, 0.2) is 23.2 Å². The van der Waals surface area contributed by atoms with E-state index < -0.39 is 84.0 Å². The van der Waals surface area contributed by atoms with Crippen LogP contribution >= 0.6 is 0 Å². The van der Waals surface area contributed by atoms with Crippen molar-refractivity contribution in [1.82, 2.24) is 19.8 Å². The topological polar surface area (TPSA) is 330 Å². The van der Waals surface area contributed by atoms with Crippen molar-refractivity contribution < 1.29 is 82.4 Å². The van der Waals surface area contributed by atoms with Gasteiger partial charge >= 0.3 is 18.0 Å². The Morgan fingerprint density at radius 3 is 2.47 bits per heavy atom. The number of benzene rings is 2. The highest BCUT2D eigenvalue weighted by molar-refractivity contribution is 6.13. The Bertz CT molecular complexity index is 3060. The number of carbonyl (C=O) groups excluding carboxylic acids is 6. The van der Waals surface area contributed by atoms with Gasteiger partial charge in [-0.25, -0.2) is 19.4 Å². The first-order valence-corrected chi connectivity index (χ1v) is 23.5. The molecule has 2 aromatic heterocycles. The van der Waals surface area contributed by atoms with Crippen molar-refractivity contribution in [3.63, 3.8) is 0 Å². The molecule has 0 aliphatic carbocycles. The number of amides is 5. The Labute approximate surface area is 413 Å². The highest BCUT2D eigenvalue weighted by Gasteiger charge is 2.46. The molecule has 24 heteroatoms. The molecule has 1 saturated heterocycles. The van der Waals surface area contributed by atoms with Crippen molar-refractivity contribution in [2.24, 2.45) is 0 Å². The fourth-order valence-corrected chi connectivity index (χ4v) is 9.34. The Kier molecular flexibility index (Phi) is 13.9. The summed E-state index contributed by atoms with van der Waals surface area (Å²) < 4.78 is 35.5. The quantitative estimate of drug-likeness (QED) is 0.0517. The number of carboxylic acid groups (broad SMARTS) is 1. The zero-order valence-corrected chi connectivity index (χ0v) is 39.4. The van der Waals surface area contributed by atoms with Crippen LogP contribution in [0.4, 0.5) is 16.2 Å². The number of pyridine rings is 2. The summed E-state index contributed by atoms with van der Waals surface area (Å²) in [5.41, 5.74) is 1.05. The molecule has 7 N–H and O–H groups in total. The first-order chi connectivity index (χ1) is 35.0.